The molecule has 2 aromatic carbocycles. The van der Waals surface area contributed by atoms with Crippen LogP contribution in [0.1, 0.15) is 29.8 Å². The third-order valence-corrected chi connectivity index (χ3v) is 6.46. The number of benzene rings is 2. The van der Waals surface area contributed by atoms with Crippen LogP contribution in [0.4, 0.5) is 5.13 Å². The van der Waals surface area contributed by atoms with Crippen LogP contribution < -0.4 is 15.0 Å². The van der Waals surface area contributed by atoms with Crippen LogP contribution in [0.2, 0.25) is 0 Å². The zero-order valence-electron chi connectivity index (χ0n) is 18.4. The topological polar surface area (TPSA) is 57.7 Å². The van der Waals surface area contributed by atoms with E-state index in [1.807, 2.05) is 38.1 Å². The van der Waals surface area contributed by atoms with E-state index in [-0.39, 0.29) is 12.0 Å². The number of carbonyl (C=O) groups is 1. The van der Waals surface area contributed by atoms with Gasteiger partial charge in [0.05, 0.1) is 16.3 Å². The van der Waals surface area contributed by atoms with E-state index in [1.165, 1.54) is 10.3 Å². The summed E-state index contributed by atoms with van der Waals surface area (Å²) in [7, 11) is 0. The molecule has 0 bridgehead atoms. The Morgan fingerprint density at radius 3 is 2.58 bits per heavy atom. The van der Waals surface area contributed by atoms with Gasteiger partial charge in [-0.05, 0) is 62.7 Å². The molecule has 1 saturated heterocycles. The van der Waals surface area contributed by atoms with Crippen molar-refractivity contribution in [2.24, 2.45) is 0 Å². The van der Waals surface area contributed by atoms with Crippen molar-refractivity contribution in [1.29, 1.82) is 0 Å². The molecule has 0 aliphatic carbocycles. The molecular formula is C24H30N4O2S. The number of thiazole rings is 1. The first kappa shape index (κ1) is 21.6. The standard InChI is InChI=1S/C24H30N4O2S/c1-17(2)30-20-7-5-19(6-8-20)23(29)25-10-11-27-12-14-28(15-13-27)24-26-21-9-4-18(3)16-22(21)31-24/h4-9,16-17H,10-15H2,1-3H3,(H,25,29). The van der Waals surface area contributed by atoms with Gasteiger partial charge in [-0.1, -0.05) is 17.4 Å². The van der Waals surface area contributed by atoms with Crippen molar-refractivity contribution in [3.05, 3.63) is 53.6 Å². The predicted molar refractivity (Wildman–Crippen MR) is 128 cm³/mol. The summed E-state index contributed by atoms with van der Waals surface area (Å²) in [5.41, 5.74) is 3.01. The van der Waals surface area contributed by atoms with Gasteiger partial charge in [-0.3, -0.25) is 9.69 Å². The van der Waals surface area contributed by atoms with Crippen LogP contribution >= 0.6 is 11.3 Å². The lowest BCUT2D eigenvalue weighted by molar-refractivity contribution is 0.0947. The Balaban J connectivity index is 1.21. The van der Waals surface area contributed by atoms with Gasteiger partial charge in [0.15, 0.2) is 5.13 Å². The molecule has 0 saturated carbocycles. The number of nitrogens with one attached hydrogen (secondary N) is 1. The van der Waals surface area contributed by atoms with Crippen LogP contribution in [-0.2, 0) is 0 Å². The summed E-state index contributed by atoms with van der Waals surface area (Å²) in [6, 6.07) is 13.7. The predicted octanol–water partition coefficient (Wildman–Crippen LogP) is 3.94. The second kappa shape index (κ2) is 9.66. The number of anilines is 1. The summed E-state index contributed by atoms with van der Waals surface area (Å²) in [5.74, 6) is 0.743. The monoisotopic (exact) mass is 438 g/mol. The highest BCUT2D eigenvalue weighted by molar-refractivity contribution is 7.22. The van der Waals surface area contributed by atoms with Crippen molar-refractivity contribution in [1.82, 2.24) is 15.2 Å². The van der Waals surface area contributed by atoms with Crippen molar-refractivity contribution in [2.45, 2.75) is 26.9 Å². The third-order valence-electron chi connectivity index (χ3n) is 5.38. The first-order chi connectivity index (χ1) is 15.0. The summed E-state index contributed by atoms with van der Waals surface area (Å²) in [4.78, 5) is 22.0. The number of aromatic nitrogens is 1. The molecule has 1 fully saturated rings. The highest BCUT2D eigenvalue weighted by Gasteiger charge is 2.20. The molecule has 0 atom stereocenters. The highest BCUT2D eigenvalue weighted by atomic mass is 32.1. The molecule has 1 N–H and O–H groups in total. The summed E-state index contributed by atoms with van der Waals surface area (Å²) in [6.45, 7) is 11.5. The molecule has 0 unspecified atom stereocenters. The summed E-state index contributed by atoms with van der Waals surface area (Å²) in [5, 5.41) is 4.14. The van der Waals surface area contributed by atoms with E-state index in [0.717, 1.165) is 49.1 Å². The maximum absolute atomic E-state index is 12.4. The Hall–Kier alpha value is -2.64. The largest absolute Gasteiger partial charge is 0.491 e. The van der Waals surface area contributed by atoms with Gasteiger partial charge in [-0.25, -0.2) is 4.98 Å². The van der Waals surface area contributed by atoms with Gasteiger partial charge in [0.2, 0.25) is 0 Å². The number of amides is 1. The molecular weight excluding hydrogens is 408 g/mol. The third kappa shape index (κ3) is 5.54. The molecule has 3 aromatic rings. The lowest BCUT2D eigenvalue weighted by Gasteiger charge is -2.34. The second-order valence-electron chi connectivity index (χ2n) is 8.24. The fourth-order valence-corrected chi connectivity index (χ4v) is 4.82. The fraction of sp³-hybridized carbons (Fsp3) is 0.417. The van der Waals surface area contributed by atoms with Crippen LogP contribution in [0, 0.1) is 6.92 Å². The van der Waals surface area contributed by atoms with E-state index in [9.17, 15) is 4.79 Å². The number of fused-ring (bicyclic) bond motifs is 1. The van der Waals surface area contributed by atoms with Crippen molar-refractivity contribution < 1.29 is 9.53 Å². The van der Waals surface area contributed by atoms with E-state index in [4.69, 9.17) is 9.72 Å². The van der Waals surface area contributed by atoms with Gasteiger partial charge in [0.1, 0.15) is 5.75 Å². The maximum Gasteiger partial charge on any atom is 0.251 e. The van der Waals surface area contributed by atoms with E-state index in [2.05, 4.69) is 40.2 Å². The minimum absolute atomic E-state index is 0.0421. The lowest BCUT2D eigenvalue weighted by atomic mass is 10.2. The molecule has 164 valence electrons. The number of hydrogen-bond acceptors (Lipinski definition) is 6. The van der Waals surface area contributed by atoms with E-state index < -0.39 is 0 Å². The first-order valence-electron chi connectivity index (χ1n) is 10.9. The van der Waals surface area contributed by atoms with Crippen molar-refractivity contribution in [2.75, 3.05) is 44.2 Å². The molecule has 4 rings (SSSR count). The average Bonchev–Trinajstić information content (AvgIpc) is 3.17. The molecule has 0 radical (unpaired) electrons. The number of carbonyl (C=O) groups excluding carboxylic acids is 1. The number of piperazine rings is 1. The molecule has 2 heterocycles. The van der Waals surface area contributed by atoms with E-state index in [0.29, 0.717) is 12.1 Å². The van der Waals surface area contributed by atoms with Crippen LogP contribution in [0.25, 0.3) is 10.2 Å². The van der Waals surface area contributed by atoms with Crippen LogP contribution in [0.5, 0.6) is 5.75 Å². The normalized spacial score (nSPS) is 14.9. The van der Waals surface area contributed by atoms with Crippen molar-refractivity contribution in [3.63, 3.8) is 0 Å². The van der Waals surface area contributed by atoms with Crippen LogP contribution in [-0.4, -0.2) is 61.2 Å². The smallest absolute Gasteiger partial charge is 0.251 e. The van der Waals surface area contributed by atoms with Crippen LogP contribution in [0.3, 0.4) is 0 Å². The molecule has 1 aliphatic rings. The second-order valence-corrected chi connectivity index (χ2v) is 9.25. The Morgan fingerprint density at radius 1 is 1.13 bits per heavy atom. The number of hydrogen-bond donors (Lipinski definition) is 1. The van der Waals surface area contributed by atoms with Gasteiger partial charge < -0.3 is 15.0 Å². The van der Waals surface area contributed by atoms with E-state index >= 15 is 0 Å². The molecule has 31 heavy (non-hydrogen) atoms. The Bertz CT molecular complexity index is 1020. The lowest BCUT2D eigenvalue weighted by Crippen LogP contribution is -2.48. The molecule has 7 heteroatoms. The summed E-state index contributed by atoms with van der Waals surface area (Å²) in [6.07, 6.45) is 0.124. The van der Waals surface area contributed by atoms with Gasteiger partial charge >= 0.3 is 0 Å². The zero-order chi connectivity index (χ0) is 21.8. The van der Waals surface area contributed by atoms with Crippen LogP contribution in [0.15, 0.2) is 42.5 Å². The number of rotatable bonds is 7. The maximum atomic E-state index is 12.4. The average molecular weight is 439 g/mol. The first-order valence-corrected chi connectivity index (χ1v) is 11.7. The van der Waals surface area contributed by atoms with Gasteiger partial charge in [-0.2, -0.15) is 0 Å². The zero-order valence-corrected chi connectivity index (χ0v) is 19.2. The van der Waals surface area contributed by atoms with Gasteiger partial charge in [-0.15, -0.1) is 0 Å². The van der Waals surface area contributed by atoms with Crippen molar-refractivity contribution >= 4 is 32.6 Å². The minimum atomic E-state index is -0.0421. The molecule has 6 nitrogen and oxygen atoms in total. The highest BCUT2D eigenvalue weighted by Crippen LogP contribution is 2.30. The Kier molecular flexibility index (Phi) is 6.73. The van der Waals surface area contributed by atoms with Crippen molar-refractivity contribution in [3.8, 4) is 5.75 Å². The number of nitrogens with zero attached hydrogens (tertiary/aromatic N) is 3. The summed E-state index contributed by atoms with van der Waals surface area (Å²) >= 11 is 1.77. The Morgan fingerprint density at radius 2 is 1.87 bits per heavy atom. The number of ether oxygens (including phenoxy) is 1. The SMILES string of the molecule is Cc1ccc2nc(N3CCN(CCNC(=O)c4ccc(OC(C)C)cc4)CC3)sc2c1. The molecule has 1 aliphatic heterocycles. The molecule has 1 amide bonds. The van der Waals surface area contributed by atoms with Gasteiger partial charge in [0.25, 0.3) is 5.91 Å². The molecule has 0 spiro atoms. The number of aryl methyl sites for hydroxylation is 1. The fourth-order valence-electron chi connectivity index (χ4n) is 3.70. The Labute approximate surface area is 187 Å². The van der Waals surface area contributed by atoms with Gasteiger partial charge in [0, 0.05) is 44.8 Å². The van der Waals surface area contributed by atoms with E-state index in [1.54, 1.807) is 11.3 Å². The quantitative estimate of drug-likeness (QED) is 0.605. The minimum Gasteiger partial charge on any atom is -0.491 e. The summed E-state index contributed by atoms with van der Waals surface area (Å²) < 4.78 is 6.88. The molecule has 1 aromatic heterocycles.